The average Bonchev–Trinajstić information content (AvgIpc) is 2.93. The SMILES string of the molecule is Cn1ccc(C(=O)N2CCCN(c3ccnc4ccccc34)CC2)n1. The van der Waals surface area contributed by atoms with Crippen molar-refractivity contribution in [2.24, 2.45) is 7.05 Å². The Morgan fingerprint density at radius 1 is 1.04 bits per heavy atom. The number of carbonyl (C=O) groups excluding carboxylic acids is 1. The molecule has 1 aliphatic rings. The van der Waals surface area contributed by atoms with E-state index in [1.807, 2.05) is 36.3 Å². The Morgan fingerprint density at radius 2 is 1.92 bits per heavy atom. The minimum Gasteiger partial charge on any atom is -0.369 e. The van der Waals surface area contributed by atoms with E-state index in [1.165, 1.54) is 5.69 Å². The molecule has 0 spiro atoms. The van der Waals surface area contributed by atoms with Gasteiger partial charge in [0.25, 0.3) is 5.91 Å². The summed E-state index contributed by atoms with van der Waals surface area (Å²) in [5.74, 6) is 0.0158. The molecule has 6 heteroatoms. The highest BCUT2D eigenvalue weighted by molar-refractivity contribution is 5.93. The van der Waals surface area contributed by atoms with Crippen molar-refractivity contribution >= 4 is 22.5 Å². The molecular formula is C19H21N5O. The summed E-state index contributed by atoms with van der Waals surface area (Å²) in [7, 11) is 1.83. The smallest absolute Gasteiger partial charge is 0.274 e. The first-order valence-electron chi connectivity index (χ1n) is 8.60. The van der Waals surface area contributed by atoms with Crippen LogP contribution in [-0.4, -0.2) is 51.8 Å². The molecule has 128 valence electrons. The number of nitrogens with zero attached hydrogens (tertiary/aromatic N) is 5. The number of hydrogen-bond acceptors (Lipinski definition) is 4. The van der Waals surface area contributed by atoms with Gasteiger partial charge in [0.1, 0.15) is 5.69 Å². The van der Waals surface area contributed by atoms with Gasteiger partial charge in [-0.2, -0.15) is 5.10 Å². The Bertz CT molecular complexity index is 898. The van der Waals surface area contributed by atoms with Crippen LogP contribution in [0, 0.1) is 0 Å². The Labute approximate surface area is 146 Å². The molecule has 1 aromatic carbocycles. The van der Waals surface area contributed by atoms with Gasteiger partial charge in [0.15, 0.2) is 0 Å². The van der Waals surface area contributed by atoms with Crippen LogP contribution in [-0.2, 0) is 7.05 Å². The van der Waals surface area contributed by atoms with Crippen molar-refractivity contribution in [2.75, 3.05) is 31.1 Å². The molecule has 0 N–H and O–H groups in total. The number of hydrogen-bond donors (Lipinski definition) is 0. The van der Waals surface area contributed by atoms with Crippen molar-refractivity contribution < 1.29 is 4.79 Å². The van der Waals surface area contributed by atoms with E-state index in [0.717, 1.165) is 37.0 Å². The van der Waals surface area contributed by atoms with Crippen LogP contribution in [0.1, 0.15) is 16.9 Å². The number of para-hydroxylation sites is 1. The van der Waals surface area contributed by atoms with Crippen LogP contribution in [0.2, 0.25) is 0 Å². The largest absolute Gasteiger partial charge is 0.369 e. The fourth-order valence-corrected chi connectivity index (χ4v) is 3.41. The zero-order valence-electron chi connectivity index (χ0n) is 14.3. The summed E-state index contributed by atoms with van der Waals surface area (Å²) in [6, 6.07) is 12.0. The normalized spacial score (nSPS) is 15.4. The molecule has 0 unspecified atom stereocenters. The Kier molecular flexibility index (Phi) is 4.09. The standard InChI is InChI=1S/C19H21N5O/c1-22-12-8-17(21-22)19(25)24-11-4-10-23(13-14-24)18-7-9-20-16-6-3-2-5-15(16)18/h2-3,5-9,12H,4,10-11,13-14H2,1H3. The molecule has 1 fully saturated rings. The van der Waals surface area contributed by atoms with Crippen molar-refractivity contribution in [3.8, 4) is 0 Å². The molecule has 0 atom stereocenters. The lowest BCUT2D eigenvalue weighted by Crippen LogP contribution is -2.35. The van der Waals surface area contributed by atoms with E-state index in [9.17, 15) is 4.79 Å². The van der Waals surface area contributed by atoms with Crippen molar-refractivity contribution in [1.82, 2.24) is 19.7 Å². The fraction of sp³-hybridized carbons (Fsp3) is 0.316. The maximum atomic E-state index is 12.6. The summed E-state index contributed by atoms with van der Waals surface area (Å²) in [5.41, 5.74) is 2.72. The van der Waals surface area contributed by atoms with Crippen molar-refractivity contribution in [3.05, 3.63) is 54.5 Å². The molecule has 3 heterocycles. The van der Waals surface area contributed by atoms with Gasteiger partial charge in [0.2, 0.25) is 0 Å². The number of amides is 1. The van der Waals surface area contributed by atoms with Gasteiger partial charge in [-0.15, -0.1) is 0 Å². The van der Waals surface area contributed by atoms with Crippen LogP contribution in [0.5, 0.6) is 0 Å². The molecule has 1 saturated heterocycles. The van der Waals surface area contributed by atoms with Gasteiger partial charge >= 0.3 is 0 Å². The summed E-state index contributed by atoms with van der Waals surface area (Å²) in [6.07, 6.45) is 4.61. The third-order valence-corrected chi connectivity index (χ3v) is 4.68. The molecule has 0 radical (unpaired) electrons. The van der Waals surface area contributed by atoms with E-state index in [0.29, 0.717) is 12.2 Å². The molecule has 2 aromatic heterocycles. The number of aromatic nitrogens is 3. The van der Waals surface area contributed by atoms with Gasteiger partial charge in [-0.05, 0) is 24.6 Å². The zero-order valence-corrected chi connectivity index (χ0v) is 14.3. The molecule has 4 rings (SSSR count). The van der Waals surface area contributed by atoms with E-state index in [2.05, 4.69) is 27.1 Å². The second kappa shape index (κ2) is 6.55. The van der Waals surface area contributed by atoms with Gasteiger partial charge in [-0.1, -0.05) is 18.2 Å². The predicted molar refractivity (Wildman–Crippen MR) is 97.7 cm³/mol. The van der Waals surface area contributed by atoms with Crippen LogP contribution >= 0.6 is 0 Å². The summed E-state index contributed by atoms with van der Waals surface area (Å²) >= 11 is 0. The van der Waals surface area contributed by atoms with Gasteiger partial charge in [-0.3, -0.25) is 14.5 Å². The molecule has 3 aromatic rings. The molecule has 1 amide bonds. The second-order valence-corrected chi connectivity index (χ2v) is 6.35. The fourth-order valence-electron chi connectivity index (χ4n) is 3.41. The minimum atomic E-state index is 0.0158. The summed E-state index contributed by atoms with van der Waals surface area (Å²) in [5, 5.41) is 5.40. The van der Waals surface area contributed by atoms with Crippen molar-refractivity contribution in [3.63, 3.8) is 0 Å². The number of anilines is 1. The number of benzene rings is 1. The van der Waals surface area contributed by atoms with Crippen LogP contribution in [0.4, 0.5) is 5.69 Å². The molecule has 0 bridgehead atoms. The topological polar surface area (TPSA) is 54.3 Å². The van der Waals surface area contributed by atoms with E-state index in [4.69, 9.17) is 0 Å². The maximum Gasteiger partial charge on any atom is 0.274 e. The van der Waals surface area contributed by atoms with E-state index < -0.39 is 0 Å². The van der Waals surface area contributed by atoms with E-state index >= 15 is 0 Å². The van der Waals surface area contributed by atoms with E-state index in [-0.39, 0.29) is 5.91 Å². The Hall–Kier alpha value is -2.89. The first-order chi connectivity index (χ1) is 12.2. The summed E-state index contributed by atoms with van der Waals surface area (Å²) < 4.78 is 1.67. The lowest BCUT2D eigenvalue weighted by atomic mass is 10.1. The lowest BCUT2D eigenvalue weighted by molar-refractivity contribution is 0.0760. The Balaban J connectivity index is 1.54. The van der Waals surface area contributed by atoms with Crippen LogP contribution < -0.4 is 4.90 Å². The molecule has 0 aliphatic carbocycles. The monoisotopic (exact) mass is 335 g/mol. The van der Waals surface area contributed by atoms with Crippen LogP contribution in [0.3, 0.4) is 0 Å². The highest BCUT2D eigenvalue weighted by Gasteiger charge is 2.22. The van der Waals surface area contributed by atoms with Gasteiger partial charge in [-0.25, -0.2) is 0 Å². The number of pyridine rings is 1. The van der Waals surface area contributed by atoms with Crippen LogP contribution in [0.15, 0.2) is 48.8 Å². The Morgan fingerprint density at radius 3 is 2.76 bits per heavy atom. The highest BCUT2D eigenvalue weighted by atomic mass is 16.2. The number of fused-ring (bicyclic) bond motifs is 1. The van der Waals surface area contributed by atoms with Gasteiger partial charge in [0, 0.05) is 56.7 Å². The second-order valence-electron chi connectivity index (χ2n) is 6.35. The molecule has 25 heavy (non-hydrogen) atoms. The molecule has 6 nitrogen and oxygen atoms in total. The minimum absolute atomic E-state index is 0.0158. The number of rotatable bonds is 2. The van der Waals surface area contributed by atoms with Crippen molar-refractivity contribution in [2.45, 2.75) is 6.42 Å². The average molecular weight is 335 g/mol. The third kappa shape index (κ3) is 3.07. The zero-order chi connectivity index (χ0) is 17.2. The number of carbonyl (C=O) groups is 1. The van der Waals surface area contributed by atoms with E-state index in [1.54, 1.807) is 16.9 Å². The quantitative estimate of drug-likeness (QED) is 0.721. The molecular weight excluding hydrogens is 314 g/mol. The lowest BCUT2D eigenvalue weighted by Gasteiger charge is -2.24. The van der Waals surface area contributed by atoms with Gasteiger partial charge < -0.3 is 9.80 Å². The molecule has 1 aliphatic heterocycles. The first-order valence-corrected chi connectivity index (χ1v) is 8.60. The van der Waals surface area contributed by atoms with Gasteiger partial charge in [0.05, 0.1) is 5.52 Å². The third-order valence-electron chi connectivity index (χ3n) is 4.68. The van der Waals surface area contributed by atoms with Crippen molar-refractivity contribution in [1.29, 1.82) is 0 Å². The summed E-state index contributed by atoms with van der Waals surface area (Å²) in [4.78, 5) is 21.4. The highest BCUT2D eigenvalue weighted by Crippen LogP contribution is 2.26. The first kappa shape index (κ1) is 15.6. The van der Waals surface area contributed by atoms with Crippen LogP contribution in [0.25, 0.3) is 10.9 Å². The predicted octanol–water partition coefficient (Wildman–Crippen LogP) is 2.32. The number of aryl methyl sites for hydroxylation is 1. The molecule has 0 saturated carbocycles. The maximum absolute atomic E-state index is 12.6. The summed E-state index contributed by atoms with van der Waals surface area (Å²) in [6.45, 7) is 3.20.